The summed E-state index contributed by atoms with van der Waals surface area (Å²) in [7, 11) is 0. The summed E-state index contributed by atoms with van der Waals surface area (Å²) in [5.41, 5.74) is 3.08. The molecule has 0 aliphatic rings. The molecular weight excluding hydrogens is 182 g/mol. The maximum atomic E-state index is 10.8. The SMILES string of the molecule is [3H]NC(=O)CCc1ccc(O)c(CO)c1. The molecule has 0 aliphatic heterocycles. The number of hydrogen-bond acceptors (Lipinski definition) is 3. The molecule has 0 spiro atoms. The molecule has 1 amide bonds. The third kappa shape index (κ3) is 2.74. The summed E-state index contributed by atoms with van der Waals surface area (Å²) in [6.45, 7) is -0.232. The molecule has 4 nitrogen and oxygen atoms in total. The minimum atomic E-state index is -0.353. The van der Waals surface area contributed by atoms with Crippen molar-refractivity contribution in [1.82, 2.24) is 0 Å². The number of amides is 1. The standard InChI is InChI=1S/C10H13NO3/c11-10(14)4-2-7-1-3-9(13)8(5-7)6-12/h1,3,5,12-13H,2,4,6H2,(H2,11,14)/i/hT. The first-order valence-electron chi connectivity index (χ1n) is 4.79. The zero-order chi connectivity index (χ0) is 11.3. The molecule has 0 unspecified atom stereocenters. The average molecular weight is 197 g/mol. The molecule has 0 saturated heterocycles. The van der Waals surface area contributed by atoms with Crippen LogP contribution in [0.5, 0.6) is 5.75 Å². The van der Waals surface area contributed by atoms with Crippen LogP contribution in [-0.4, -0.2) is 16.1 Å². The van der Waals surface area contributed by atoms with Gasteiger partial charge in [-0.3, -0.25) is 4.79 Å². The second kappa shape index (κ2) is 4.62. The van der Waals surface area contributed by atoms with Crippen LogP contribution in [0.3, 0.4) is 0 Å². The minimum absolute atomic E-state index is 0.0474. The lowest BCUT2D eigenvalue weighted by Crippen LogP contribution is -2.11. The number of aliphatic hydroxyl groups is 1. The van der Waals surface area contributed by atoms with Crippen LogP contribution in [0.2, 0.25) is 1.41 Å². The Balaban J connectivity index is 2.66. The van der Waals surface area contributed by atoms with Crippen LogP contribution in [0.4, 0.5) is 0 Å². The van der Waals surface area contributed by atoms with E-state index in [4.69, 9.17) is 6.52 Å². The Bertz CT molecular complexity index is 355. The van der Waals surface area contributed by atoms with Crippen LogP contribution in [0.15, 0.2) is 18.2 Å². The molecule has 0 atom stereocenters. The first-order valence-corrected chi connectivity index (χ1v) is 4.29. The molecule has 0 radical (unpaired) electrons. The van der Waals surface area contributed by atoms with Gasteiger partial charge in [-0.2, -0.15) is 0 Å². The Morgan fingerprint density at radius 2 is 2.36 bits per heavy atom. The molecule has 4 N–H and O–H groups in total. The van der Waals surface area contributed by atoms with E-state index in [2.05, 4.69) is 0 Å². The molecule has 0 fully saturated rings. The van der Waals surface area contributed by atoms with Crippen LogP contribution in [0.25, 0.3) is 0 Å². The fourth-order valence-corrected chi connectivity index (χ4v) is 1.18. The molecule has 0 aromatic heterocycles. The highest BCUT2D eigenvalue weighted by atomic mass is 16.3. The fourth-order valence-electron chi connectivity index (χ4n) is 1.18. The predicted molar refractivity (Wildman–Crippen MR) is 51.5 cm³/mol. The summed E-state index contributed by atoms with van der Waals surface area (Å²) in [5, 5.41) is 18.2. The fraction of sp³-hybridized carbons (Fsp3) is 0.300. The van der Waals surface area contributed by atoms with E-state index in [0.717, 1.165) is 5.56 Å². The van der Waals surface area contributed by atoms with Crippen molar-refractivity contribution in [3.63, 3.8) is 0 Å². The van der Waals surface area contributed by atoms with Crippen molar-refractivity contribution >= 4 is 5.91 Å². The van der Waals surface area contributed by atoms with E-state index in [1.54, 1.807) is 17.9 Å². The van der Waals surface area contributed by atoms with Gasteiger partial charge in [0.25, 0.3) is 0 Å². The lowest BCUT2D eigenvalue weighted by Gasteiger charge is -2.04. The van der Waals surface area contributed by atoms with Crippen LogP contribution in [0, 0.1) is 0 Å². The van der Waals surface area contributed by atoms with Gasteiger partial charge in [0.2, 0.25) is 5.91 Å². The number of primary amides is 1. The summed E-state index contributed by atoms with van der Waals surface area (Å²) in [4.78, 5) is 10.8. The zero-order valence-electron chi connectivity index (χ0n) is 8.66. The van der Waals surface area contributed by atoms with Gasteiger partial charge in [-0.15, -0.1) is 0 Å². The maximum Gasteiger partial charge on any atom is 0.217 e. The second-order valence-corrected chi connectivity index (χ2v) is 3.04. The molecule has 76 valence electrons. The molecule has 4 heteroatoms. The van der Waals surface area contributed by atoms with Gasteiger partial charge in [-0.05, 0) is 24.1 Å². The molecule has 1 aromatic carbocycles. The van der Waals surface area contributed by atoms with Crippen molar-refractivity contribution in [3.8, 4) is 5.75 Å². The Morgan fingerprint density at radius 1 is 1.57 bits per heavy atom. The number of rotatable bonds is 4. The molecule has 0 aliphatic carbocycles. The van der Waals surface area contributed by atoms with Gasteiger partial charge in [0.05, 0.1) is 6.61 Å². The van der Waals surface area contributed by atoms with E-state index < -0.39 is 0 Å². The molecule has 0 saturated carbocycles. The molecule has 0 heterocycles. The van der Waals surface area contributed by atoms with E-state index in [9.17, 15) is 9.90 Å². The first-order chi connectivity index (χ1) is 7.17. The number of nitrogens with two attached hydrogens (primary N) is 1. The highest BCUT2D eigenvalue weighted by molar-refractivity contribution is 5.74. The lowest BCUT2D eigenvalue weighted by molar-refractivity contribution is -0.117. The number of hydrogen-bond donors (Lipinski definition) is 3. The number of aryl methyl sites for hydroxylation is 1. The summed E-state index contributed by atoms with van der Waals surface area (Å²) in [6.07, 6.45) is 0.705. The topological polar surface area (TPSA) is 83.6 Å². The normalized spacial score (nSPS) is 10.8. The van der Waals surface area contributed by atoms with Crippen molar-refractivity contribution in [3.05, 3.63) is 29.3 Å². The summed E-state index contributed by atoms with van der Waals surface area (Å²) in [5.74, 6) is -0.306. The van der Waals surface area contributed by atoms with Gasteiger partial charge >= 0.3 is 0 Å². The van der Waals surface area contributed by atoms with Gasteiger partial charge in [0.1, 0.15) is 5.75 Å². The van der Waals surface area contributed by atoms with Crippen LogP contribution in [0.1, 0.15) is 17.5 Å². The first kappa shape index (κ1) is 9.02. The summed E-state index contributed by atoms with van der Waals surface area (Å²) >= 11 is 0. The third-order valence-corrected chi connectivity index (χ3v) is 1.95. The largest absolute Gasteiger partial charge is 0.508 e. The summed E-state index contributed by atoms with van der Waals surface area (Å²) in [6, 6.07) is 4.82. The van der Waals surface area contributed by atoms with Crippen molar-refractivity contribution in [2.45, 2.75) is 19.4 Å². The second-order valence-electron chi connectivity index (χ2n) is 3.04. The van der Waals surface area contributed by atoms with Crippen molar-refractivity contribution in [2.75, 3.05) is 0 Å². The molecule has 14 heavy (non-hydrogen) atoms. The quantitative estimate of drug-likeness (QED) is 0.649. The molecule has 1 rings (SSSR count). The Morgan fingerprint density at radius 3 is 3.00 bits per heavy atom. The zero-order valence-corrected chi connectivity index (χ0v) is 7.66. The monoisotopic (exact) mass is 197 g/mol. The maximum absolute atomic E-state index is 10.8. The van der Waals surface area contributed by atoms with Crippen molar-refractivity contribution < 1.29 is 16.4 Å². The summed E-state index contributed by atoms with van der Waals surface area (Å²) < 4.78 is 6.61. The Kier molecular flexibility index (Phi) is 2.98. The molecule has 0 bridgehead atoms. The predicted octanol–water partition coefficient (Wildman–Crippen LogP) is 0.302. The number of carbonyl (C=O) groups is 1. The van der Waals surface area contributed by atoms with E-state index in [0.29, 0.717) is 12.0 Å². The molecular formula is C10H13NO3. The van der Waals surface area contributed by atoms with Gasteiger partial charge in [0.15, 0.2) is 1.41 Å². The van der Waals surface area contributed by atoms with E-state index >= 15 is 0 Å². The van der Waals surface area contributed by atoms with E-state index in [-0.39, 0.29) is 24.7 Å². The van der Waals surface area contributed by atoms with Gasteiger partial charge in [-0.1, -0.05) is 6.07 Å². The van der Waals surface area contributed by atoms with Crippen molar-refractivity contribution in [1.29, 1.82) is 0 Å². The number of benzene rings is 1. The third-order valence-electron chi connectivity index (χ3n) is 1.95. The number of aliphatic hydroxyl groups excluding tert-OH is 1. The van der Waals surface area contributed by atoms with Crippen molar-refractivity contribution in [2.24, 2.45) is 5.73 Å². The minimum Gasteiger partial charge on any atom is -0.508 e. The molecule has 1 aromatic rings. The van der Waals surface area contributed by atoms with E-state index in [1.807, 2.05) is 0 Å². The van der Waals surface area contributed by atoms with Gasteiger partial charge in [0, 0.05) is 12.0 Å². The highest BCUT2D eigenvalue weighted by Gasteiger charge is 2.02. The average Bonchev–Trinajstić information content (AvgIpc) is 2.27. The Hall–Kier alpha value is -1.55. The highest BCUT2D eigenvalue weighted by Crippen LogP contribution is 2.18. The Labute approximate surface area is 83.4 Å². The van der Waals surface area contributed by atoms with Crippen LogP contribution >= 0.6 is 0 Å². The number of aromatic hydroxyl groups is 1. The van der Waals surface area contributed by atoms with E-state index in [1.165, 1.54) is 6.07 Å². The van der Waals surface area contributed by atoms with Gasteiger partial charge in [-0.25, -0.2) is 0 Å². The lowest BCUT2D eigenvalue weighted by atomic mass is 10.1. The van der Waals surface area contributed by atoms with Gasteiger partial charge < -0.3 is 15.9 Å². The van der Waals surface area contributed by atoms with Crippen LogP contribution < -0.4 is 5.73 Å². The smallest absolute Gasteiger partial charge is 0.217 e. The number of carbonyl (C=O) groups excluding carboxylic acids is 1. The van der Waals surface area contributed by atoms with Crippen LogP contribution in [-0.2, 0) is 17.8 Å². The number of phenols is 1.